The summed E-state index contributed by atoms with van der Waals surface area (Å²) in [5, 5.41) is 5.87. The summed E-state index contributed by atoms with van der Waals surface area (Å²) in [4.78, 5) is 27.1. The number of ether oxygens (including phenoxy) is 1. The molecule has 0 radical (unpaired) electrons. The zero-order chi connectivity index (χ0) is 24.5. The molecule has 2 amide bonds. The molecule has 7 nitrogen and oxygen atoms in total. The van der Waals surface area contributed by atoms with Gasteiger partial charge in [0.1, 0.15) is 6.10 Å². The Bertz CT molecular complexity index is 1110. The molecule has 1 heterocycles. The van der Waals surface area contributed by atoms with Gasteiger partial charge in [-0.05, 0) is 42.2 Å². The fourth-order valence-electron chi connectivity index (χ4n) is 4.22. The van der Waals surface area contributed by atoms with Crippen molar-refractivity contribution in [1.82, 2.24) is 10.2 Å². The molecule has 1 fully saturated rings. The van der Waals surface area contributed by atoms with Crippen molar-refractivity contribution < 1.29 is 14.3 Å². The molecule has 35 heavy (non-hydrogen) atoms. The number of benzene rings is 3. The van der Waals surface area contributed by atoms with Gasteiger partial charge in [-0.3, -0.25) is 10.1 Å². The van der Waals surface area contributed by atoms with Crippen molar-refractivity contribution in [3.8, 4) is 11.1 Å². The first kappa shape index (κ1) is 24.4. The second kappa shape index (κ2) is 12.1. The minimum Gasteiger partial charge on any atom is -0.446 e. The maximum absolute atomic E-state index is 12.6. The van der Waals surface area contributed by atoms with Crippen LogP contribution in [0.4, 0.5) is 10.5 Å². The standard InChI is InChI=1S/C28H32N4O3/c29-20-21-10-12-23(13-11-21)27(33)30-16-19-32-17-14-24(15-18-32)35-28(34)31-26-9-5-4-8-25(26)22-6-2-1-3-7-22/h1-13,24H,14-20,29H2,(H,30,33)(H,31,34). The summed E-state index contributed by atoms with van der Waals surface area (Å²) in [6.45, 7) is 3.43. The third kappa shape index (κ3) is 6.91. The van der Waals surface area contributed by atoms with E-state index in [1.54, 1.807) is 12.1 Å². The number of carbonyl (C=O) groups is 2. The molecule has 0 saturated carbocycles. The van der Waals surface area contributed by atoms with Crippen LogP contribution >= 0.6 is 0 Å². The van der Waals surface area contributed by atoms with E-state index in [0.717, 1.165) is 54.9 Å². The van der Waals surface area contributed by atoms with Gasteiger partial charge in [0.05, 0.1) is 5.69 Å². The van der Waals surface area contributed by atoms with Crippen LogP contribution in [0.15, 0.2) is 78.9 Å². The van der Waals surface area contributed by atoms with E-state index in [1.807, 2.05) is 66.7 Å². The largest absolute Gasteiger partial charge is 0.446 e. The fraction of sp³-hybridized carbons (Fsp3) is 0.286. The van der Waals surface area contributed by atoms with Gasteiger partial charge in [-0.1, -0.05) is 60.7 Å². The summed E-state index contributed by atoms with van der Waals surface area (Å²) in [5.74, 6) is -0.0840. The number of nitrogens with two attached hydrogens (primary N) is 1. The Morgan fingerprint density at radius 3 is 2.31 bits per heavy atom. The molecule has 0 unspecified atom stereocenters. The summed E-state index contributed by atoms with van der Waals surface area (Å²) in [6, 6.07) is 25.0. The summed E-state index contributed by atoms with van der Waals surface area (Å²) < 4.78 is 5.70. The van der Waals surface area contributed by atoms with Gasteiger partial charge in [0, 0.05) is 43.9 Å². The Labute approximate surface area is 206 Å². The molecule has 0 aromatic heterocycles. The highest BCUT2D eigenvalue weighted by Gasteiger charge is 2.22. The maximum atomic E-state index is 12.6. The second-order valence-electron chi connectivity index (χ2n) is 8.64. The van der Waals surface area contributed by atoms with E-state index in [2.05, 4.69) is 15.5 Å². The monoisotopic (exact) mass is 472 g/mol. The van der Waals surface area contributed by atoms with Gasteiger partial charge in [-0.2, -0.15) is 0 Å². The number of anilines is 1. The van der Waals surface area contributed by atoms with Crippen LogP contribution in [0.1, 0.15) is 28.8 Å². The lowest BCUT2D eigenvalue weighted by Gasteiger charge is -2.31. The van der Waals surface area contributed by atoms with Crippen LogP contribution in [-0.4, -0.2) is 49.2 Å². The predicted octanol–water partition coefficient (Wildman–Crippen LogP) is 4.26. The molecule has 182 valence electrons. The van der Waals surface area contributed by atoms with Gasteiger partial charge >= 0.3 is 6.09 Å². The van der Waals surface area contributed by atoms with Gasteiger partial charge in [-0.25, -0.2) is 4.79 Å². The topological polar surface area (TPSA) is 96.7 Å². The summed E-state index contributed by atoms with van der Waals surface area (Å²) in [7, 11) is 0. The number of hydrogen-bond donors (Lipinski definition) is 3. The van der Waals surface area contributed by atoms with Crippen molar-refractivity contribution in [1.29, 1.82) is 0 Å². The minimum atomic E-state index is -0.431. The highest BCUT2D eigenvalue weighted by atomic mass is 16.6. The lowest BCUT2D eigenvalue weighted by Crippen LogP contribution is -2.42. The third-order valence-corrected chi connectivity index (χ3v) is 6.22. The zero-order valence-electron chi connectivity index (χ0n) is 19.8. The number of rotatable bonds is 8. The lowest BCUT2D eigenvalue weighted by molar-refractivity contribution is 0.0587. The van der Waals surface area contributed by atoms with E-state index < -0.39 is 6.09 Å². The number of likely N-dealkylation sites (tertiary alicyclic amines) is 1. The van der Waals surface area contributed by atoms with E-state index in [1.165, 1.54) is 0 Å². The van der Waals surface area contributed by atoms with E-state index in [4.69, 9.17) is 10.5 Å². The van der Waals surface area contributed by atoms with Crippen molar-refractivity contribution in [3.05, 3.63) is 90.0 Å². The molecule has 0 bridgehead atoms. The van der Waals surface area contributed by atoms with Gasteiger partial charge in [0.15, 0.2) is 0 Å². The SMILES string of the molecule is NCc1ccc(C(=O)NCCN2CCC(OC(=O)Nc3ccccc3-c3ccccc3)CC2)cc1. The molecule has 4 rings (SSSR count). The van der Waals surface area contributed by atoms with Crippen LogP contribution in [0, 0.1) is 0 Å². The van der Waals surface area contributed by atoms with E-state index in [9.17, 15) is 9.59 Å². The Morgan fingerprint density at radius 1 is 0.914 bits per heavy atom. The van der Waals surface area contributed by atoms with Gasteiger partial charge < -0.3 is 20.7 Å². The molecule has 4 N–H and O–H groups in total. The van der Waals surface area contributed by atoms with Crippen LogP contribution in [0.25, 0.3) is 11.1 Å². The Balaban J connectivity index is 1.18. The van der Waals surface area contributed by atoms with Crippen LogP contribution in [0.5, 0.6) is 0 Å². The molecular formula is C28H32N4O3. The molecule has 0 atom stereocenters. The number of amides is 2. The van der Waals surface area contributed by atoms with Crippen molar-refractivity contribution >= 4 is 17.7 Å². The number of carbonyl (C=O) groups excluding carboxylic acids is 2. The smallest absolute Gasteiger partial charge is 0.411 e. The predicted molar refractivity (Wildman–Crippen MR) is 138 cm³/mol. The van der Waals surface area contributed by atoms with Gasteiger partial charge in [0.25, 0.3) is 5.91 Å². The van der Waals surface area contributed by atoms with E-state index in [0.29, 0.717) is 18.7 Å². The Kier molecular flexibility index (Phi) is 8.48. The molecule has 3 aromatic rings. The van der Waals surface area contributed by atoms with Crippen molar-refractivity contribution in [3.63, 3.8) is 0 Å². The van der Waals surface area contributed by atoms with Crippen molar-refractivity contribution in [2.24, 2.45) is 5.73 Å². The average molecular weight is 473 g/mol. The molecule has 1 aliphatic rings. The van der Waals surface area contributed by atoms with Gasteiger partial charge in [0.2, 0.25) is 0 Å². The minimum absolute atomic E-state index is 0.0840. The third-order valence-electron chi connectivity index (χ3n) is 6.22. The normalized spacial score (nSPS) is 14.3. The van der Waals surface area contributed by atoms with Crippen LogP contribution < -0.4 is 16.4 Å². The molecular weight excluding hydrogens is 440 g/mol. The van der Waals surface area contributed by atoms with Crippen molar-refractivity contribution in [2.75, 3.05) is 31.5 Å². The summed E-state index contributed by atoms with van der Waals surface area (Å²) in [6.07, 6.45) is 0.982. The van der Waals surface area contributed by atoms with E-state index in [-0.39, 0.29) is 12.0 Å². The number of nitrogens with one attached hydrogen (secondary N) is 2. The number of hydrogen-bond acceptors (Lipinski definition) is 5. The number of nitrogens with zero attached hydrogens (tertiary/aromatic N) is 1. The first-order valence-corrected chi connectivity index (χ1v) is 12.0. The van der Waals surface area contributed by atoms with Crippen LogP contribution in [0.2, 0.25) is 0 Å². The zero-order valence-corrected chi connectivity index (χ0v) is 19.8. The first-order chi connectivity index (χ1) is 17.1. The number of para-hydroxylation sites is 1. The number of piperidine rings is 1. The lowest BCUT2D eigenvalue weighted by atomic mass is 10.0. The molecule has 0 aliphatic carbocycles. The fourth-order valence-corrected chi connectivity index (χ4v) is 4.22. The summed E-state index contributed by atoms with van der Waals surface area (Å²) >= 11 is 0. The molecule has 7 heteroatoms. The summed E-state index contributed by atoms with van der Waals surface area (Å²) in [5.41, 5.74) is 9.96. The van der Waals surface area contributed by atoms with Crippen molar-refractivity contribution in [2.45, 2.75) is 25.5 Å². The van der Waals surface area contributed by atoms with Crippen LogP contribution in [-0.2, 0) is 11.3 Å². The molecule has 1 aliphatic heterocycles. The average Bonchev–Trinajstić information content (AvgIpc) is 2.90. The highest BCUT2D eigenvalue weighted by molar-refractivity contribution is 5.94. The van der Waals surface area contributed by atoms with E-state index >= 15 is 0 Å². The quantitative estimate of drug-likeness (QED) is 0.455. The highest BCUT2D eigenvalue weighted by Crippen LogP contribution is 2.28. The maximum Gasteiger partial charge on any atom is 0.411 e. The first-order valence-electron chi connectivity index (χ1n) is 12.0. The molecule has 3 aromatic carbocycles. The van der Waals surface area contributed by atoms with Crippen LogP contribution in [0.3, 0.4) is 0 Å². The Morgan fingerprint density at radius 2 is 1.60 bits per heavy atom. The Hall–Kier alpha value is -3.68. The molecule has 0 spiro atoms. The second-order valence-corrected chi connectivity index (χ2v) is 8.64. The molecule has 1 saturated heterocycles. The van der Waals surface area contributed by atoms with Gasteiger partial charge in [-0.15, -0.1) is 0 Å².